The molecule has 0 amide bonds. The second-order valence-electron chi connectivity index (χ2n) is 4.27. The zero-order chi connectivity index (χ0) is 13.7. The van der Waals surface area contributed by atoms with E-state index in [0.717, 1.165) is 0 Å². The Kier molecular flexibility index (Phi) is 4.60. The van der Waals surface area contributed by atoms with Crippen molar-refractivity contribution < 1.29 is 13.5 Å². The van der Waals surface area contributed by atoms with Crippen molar-refractivity contribution in [2.45, 2.75) is 12.6 Å². The Balaban J connectivity index is 1.88. The standard InChI is InChI=1S/C15H15F2NO/c16-13-6-3-5-11(8-13)15(18)10-19-9-12-4-1-2-7-14(12)17/h1-8,15H,9-10,18H2. The first kappa shape index (κ1) is 13.6. The van der Waals surface area contributed by atoms with Crippen LogP contribution in [0.1, 0.15) is 17.2 Å². The van der Waals surface area contributed by atoms with Crippen LogP contribution in [-0.2, 0) is 11.3 Å². The minimum atomic E-state index is -0.428. The van der Waals surface area contributed by atoms with Crippen LogP contribution in [0.2, 0.25) is 0 Å². The molecule has 0 aliphatic heterocycles. The molecule has 1 unspecified atom stereocenters. The van der Waals surface area contributed by atoms with Crippen LogP contribution < -0.4 is 5.73 Å². The monoisotopic (exact) mass is 263 g/mol. The summed E-state index contributed by atoms with van der Waals surface area (Å²) in [5.41, 5.74) is 7.02. The third kappa shape index (κ3) is 3.84. The molecule has 100 valence electrons. The summed E-state index contributed by atoms with van der Waals surface area (Å²) in [5.74, 6) is -0.635. The zero-order valence-electron chi connectivity index (χ0n) is 10.4. The van der Waals surface area contributed by atoms with Gasteiger partial charge in [-0.15, -0.1) is 0 Å². The SMILES string of the molecule is NC(COCc1ccccc1F)c1cccc(F)c1. The molecular weight excluding hydrogens is 248 g/mol. The van der Waals surface area contributed by atoms with Gasteiger partial charge in [-0.1, -0.05) is 30.3 Å². The number of rotatable bonds is 5. The number of nitrogens with two attached hydrogens (primary N) is 1. The molecule has 2 nitrogen and oxygen atoms in total. The van der Waals surface area contributed by atoms with E-state index in [1.165, 1.54) is 18.2 Å². The van der Waals surface area contributed by atoms with Crippen molar-refractivity contribution in [3.63, 3.8) is 0 Å². The Morgan fingerprint density at radius 2 is 1.84 bits per heavy atom. The number of ether oxygens (including phenoxy) is 1. The third-order valence-corrected chi connectivity index (χ3v) is 2.79. The Bertz CT molecular complexity index is 545. The molecule has 1 atom stereocenters. The van der Waals surface area contributed by atoms with Crippen molar-refractivity contribution >= 4 is 0 Å². The van der Waals surface area contributed by atoms with Gasteiger partial charge in [0.15, 0.2) is 0 Å². The molecule has 0 aliphatic carbocycles. The molecule has 0 radical (unpaired) electrons. The smallest absolute Gasteiger partial charge is 0.128 e. The summed E-state index contributed by atoms with van der Waals surface area (Å²) in [7, 11) is 0. The number of halogens is 2. The topological polar surface area (TPSA) is 35.2 Å². The van der Waals surface area contributed by atoms with Crippen molar-refractivity contribution in [2.75, 3.05) is 6.61 Å². The fourth-order valence-corrected chi connectivity index (χ4v) is 1.74. The van der Waals surface area contributed by atoms with Gasteiger partial charge >= 0.3 is 0 Å². The highest BCUT2D eigenvalue weighted by Gasteiger charge is 2.08. The van der Waals surface area contributed by atoms with E-state index in [9.17, 15) is 8.78 Å². The Labute approximate surface area is 110 Å². The molecule has 2 N–H and O–H groups in total. The summed E-state index contributed by atoms with van der Waals surface area (Å²) in [6.45, 7) is 0.355. The van der Waals surface area contributed by atoms with Gasteiger partial charge in [0.25, 0.3) is 0 Å². The molecule has 4 heteroatoms. The van der Waals surface area contributed by atoms with Crippen LogP contribution >= 0.6 is 0 Å². The fourth-order valence-electron chi connectivity index (χ4n) is 1.74. The largest absolute Gasteiger partial charge is 0.375 e. The van der Waals surface area contributed by atoms with E-state index >= 15 is 0 Å². The minimum absolute atomic E-state index is 0.149. The van der Waals surface area contributed by atoms with E-state index in [1.54, 1.807) is 30.3 Å². The second kappa shape index (κ2) is 6.41. The number of benzene rings is 2. The number of hydrogen-bond acceptors (Lipinski definition) is 2. The van der Waals surface area contributed by atoms with E-state index in [-0.39, 0.29) is 24.8 Å². The molecule has 0 fully saturated rings. The van der Waals surface area contributed by atoms with Gasteiger partial charge in [-0.3, -0.25) is 0 Å². The molecule has 19 heavy (non-hydrogen) atoms. The maximum atomic E-state index is 13.3. The maximum Gasteiger partial charge on any atom is 0.128 e. The molecule has 2 rings (SSSR count). The summed E-state index contributed by atoms with van der Waals surface area (Å²) in [6.07, 6.45) is 0. The summed E-state index contributed by atoms with van der Waals surface area (Å²) in [4.78, 5) is 0. The van der Waals surface area contributed by atoms with E-state index in [4.69, 9.17) is 10.5 Å². The van der Waals surface area contributed by atoms with Crippen molar-refractivity contribution in [1.29, 1.82) is 0 Å². The molecule has 2 aromatic carbocycles. The molecule has 0 spiro atoms. The Hall–Kier alpha value is -1.78. The van der Waals surface area contributed by atoms with Gasteiger partial charge in [0.05, 0.1) is 19.3 Å². The van der Waals surface area contributed by atoms with E-state index in [1.807, 2.05) is 0 Å². The van der Waals surface area contributed by atoms with Gasteiger partial charge in [-0.05, 0) is 23.8 Å². The zero-order valence-corrected chi connectivity index (χ0v) is 10.4. The van der Waals surface area contributed by atoms with E-state index in [0.29, 0.717) is 11.1 Å². The van der Waals surface area contributed by atoms with E-state index in [2.05, 4.69) is 0 Å². The molecule has 0 bridgehead atoms. The highest BCUT2D eigenvalue weighted by molar-refractivity contribution is 5.20. The third-order valence-electron chi connectivity index (χ3n) is 2.79. The van der Waals surface area contributed by atoms with Crippen LogP contribution in [-0.4, -0.2) is 6.61 Å². The predicted molar refractivity (Wildman–Crippen MR) is 69.4 cm³/mol. The fraction of sp³-hybridized carbons (Fsp3) is 0.200. The van der Waals surface area contributed by atoms with Crippen molar-refractivity contribution in [3.05, 3.63) is 71.3 Å². The molecule has 0 aliphatic rings. The van der Waals surface area contributed by atoms with Crippen LogP contribution in [0.3, 0.4) is 0 Å². The lowest BCUT2D eigenvalue weighted by Crippen LogP contribution is -2.17. The summed E-state index contributed by atoms with van der Waals surface area (Å²) < 4.78 is 31.7. The normalized spacial score (nSPS) is 12.4. The average Bonchev–Trinajstić information content (AvgIpc) is 2.41. The average molecular weight is 263 g/mol. The predicted octanol–water partition coefficient (Wildman–Crippen LogP) is 3.18. The van der Waals surface area contributed by atoms with Gasteiger partial charge in [0.2, 0.25) is 0 Å². The van der Waals surface area contributed by atoms with Crippen molar-refractivity contribution in [3.8, 4) is 0 Å². The molecule has 0 saturated heterocycles. The van der Waals surface area contributed by atoms with Crippen LogP contribution in [0.5, 0.6) is 0 Å². The van der Waals surface area contributed by atoms with Crippen molar-refractivity contribution in [1.82, 2.24) is 0 Å². The quantitative estimate of drug-likeness (QED) is 0.899. The van der Waals surface area contributed by atoms with Crippen LogP contribution in [0.25, 0.3) is 0 Å². The first-order valence-corrected chi connectivity index (χ1v) is 5.99. The number of hydrogen-bond donors (Lipinski definition) is 1. The highest BCUT2D eigenvalue weighted by atomic mass is 19.1. The molecule has 2 aromatic rings. The van der Waals surface area contributed by atoms with Gasteiger partial charge in [-0.25, -0.2) is 8.78 Å². The summed E-state index contributed by atoms with van der Waals surface area (Å²) in [6, 6.07) is 12.0. The second-order valence-corrected chi connectivity index (χ2v) is 4.27. The van der Waals surface area contributed by atoms with Gasteiger partial charge in [-0.2, -0.15) is 0 Å². The van der Waals surface area contributed by atoms with Crippen LogP contribution in [0.15, 0.2) is 48.5 Å². The lowest BCUT2D eigenvalue weighted by Gasteiger charge is -2.13. The maximum absolute atomic E-state index is 13.3. The first-order valence-electron chi connectivity index (χ1n) is 5.99. The summed E-state index contributed by atoms with van der Waals surface area (Å²) >= 11 is 0. The molecule has 0 aromatic heterocycles. The lowest BCUT2D eigenvalue weighted by molar-refractivity contribution is 0.106. The first-order chi connectivity index (χ1) is 9.16. The highest BCUT2D eigenvalue weighted by Crippen LogP contribution is 2.14. The van der Waals surface area contributed by atoms with E-state index < -0.39 is 6.04 Å². The van der Waals surface area contributed by atoms with Crippen LogP contribution in [0, 0.1) is 11.6 Å². The Morgan fingerprint density at radius 1 is 1.05 bits per heavy atom. The van der Waals surface area contributed by atoms with Crippen LogP contribution in [0.4, 0.5) is 8.78 Å². The van der Waals surface area contributed by atoms with Gasteiger partial charge in [0.1, 0.15) is 11.6 Å². The molecular formula is C15H15F2NO. The van der Waals surface area contributed by atoms with Gasteiger partial charge < -0.3 is 10.5 Å². The minimum Gasteiger partial charge on any atom is -0.375 e. The molecule has 0 saturated carbocycles. The van der Waals surface area contributed by atoms with Gasteiger partial charge in [0, 0.05) is 5.56 Å². The summed E-state index contributed by atoms with van der Waals surface area (Å²) in [5, 5.41) is 0. The Morgan fingerprint density at radius 3 is 2.58 bits per heavy atom. The van der Waals surface area contributed by atoms with Crippen molar-refractivity contribution in [2.24, 2.45) is 5.73 Å². The molecule has 0 heterocycles. The lowest BCUT2D eigenvalue weighted by atomic mass is 10.1.